The van der Waals surface area contributed by atoms with Crippen LogP contribution in [0, 0.1) is 29.1 Å². The lowest BCUT2D eigenvalue weighted by Gasteiger charge is -2.53. The van der Waals surface area contributed by atoms with E-state index in [-0.39, 0.29) is 130 Å². The number of anilines is 4. The number of aromatic hydroxyl groups is 4. The van der Waals surface area contributed by atoms with Crippen LogP contribution < -0.4 is 42.5 Å². The molecule has 24 heteroatoms. The number of benzene rings is 4. The minimum absolute atomic E-state index is 0. The van der Waals surface area contributed by atoms with Gasteiger partial charge in [-0.25, -0.2) is 0 Å². The van der Waals surface area contributed by atoms with Gasteiger partial charge in [-0.2, -0.15) is 0 Å². The molecule has 0 amide bonds. The first kappa shape index (κ1) is 68.7. The molecule has 3 saturated carbocycles. The Morgan fingerprint density at radius 1 is 0.419 bits per heavy atom. The molecule has 6 atom stereocenters. The number of halogens is 2. The smallest absolute Gasteiger partial charge is 0.200 e. The van der Waals surface area contributed by atoms with Crippen LogP contribution in [0.1, 0.15) is 122 Å². The maximum absolute atomic E-state index is 13.4. The number of fused-ring (bicyclic) bond motifs is 9. The third-order valence-electron chi connectivity index (χ3n) is 17.4. The summed E-state index contributed by atoms with van der Waals surface area (Å²) in [5, 5.41) is 112. The normalized spacial score (nSPS) is 21.1. The number of hydrogen-bond acceptors (Lipinski definition) is 22. The summed E-state index contributed by atoms with van der Waals surface area (Å²) in [6.07, 6.45) is 10.9. The molecule has 10 rings (SSSR count). The Balaban J connectivity index is 0.000000209. The molecule has 0 aliphatic heterocycles. The summed E-state index contributed by atoms with van der Waals surface area (Å²) < 4.78 is 0. The predicted molar refractivity (Wildman–Crippen MR) is 333 cm³/mol. The van der Waals surface area contributed by atoms with Crippen LogP contribution in [0.25, 0.3) is 0 Å². The Bertz CT molecular complexity index is 2780. The number of allylic oxidation sites excluding steroid dienone is 1. The van der Waals surface area contributed by atoms with Crippen LogP contribution in [0.3, 0.4) is 0 Å². The van der Waals surface area contributed by atoms with Crippen molar-refractivity contribution in [1.82, 2.24) is 21.3 Å². The number of carbonyl (C=O) groups excluding carboxylic acids is 5. The Labute approximate surface area is 512 Å². The van der Waals surface area contributed by atoms with Gasteiger partial charge in [0.15, 0.2) is 5.78 Å². The van der Waals surface area contributed by atoms with Gasteiger partial charge in [-0.1, -0.05) is 12.5 Å². The summed E-state index contributed by atoms with van der Waals surface area (Å²) >= 11 is 0. The SMILES string of the molecule is C[C@]12CC[C@H]3[C@@H](CCC4=CC(=O)CC[C@@H]43)[C@@H]1CC[C@@H]2O.Cl.Cl.O=C1c2c(O)ccc(O)c2C(=O)c2c(NCCNCCO)ccc(NCCNCCO)c21.O=C1c2c(O)ccc(O)c2C(=O)c2c(NCCNCCO)ccc(NCCNCCO)c21. The van der Waals surface area contributed by atoms with Crippen molar-refractivity contribution in [3.05, 3.63) is 105 Å². The van der Waals surface area contributed by atoms with Gasteiger partial charge in [-0.3, -0.25) is 24.0 Å². The molecule has 4 aromatic carbocycles. The van der Waals surface area contributed by atoms with Crippen LogP contribution in [-0.4, -0.2) is 186 Å². The Morgan fingerprint density at radius 2 is 0.767 bits per heavy atom. The summed E-state index contributed by atoms with van der Waals surface area (Å²) in [5.41, 5.74) is 3.01. The molecule has 6 aliphatic carbocycles. The van der Waals surface area contributed by atoms with Gasteiger partial charge < -0.3 is 88.5 Å². The van der Waals surface area contributed by atoms with E-state index in [1.807, 2.05) is 6.08 Å². The fraction of sp³-hybridized carbons (Fsp3) is 0.500. The largest absolute Gasteiger partial charge is 0.507 e. The number of phenols is 4. The molecule has 4 aromatic rings. The maximum atomic E-state index is 13.4. The predicted octanol–water partition coefficient (Wildman–Crippen LogP) is 4.05. The molecule has 0 bridgehead atoms. The molecule has 470 valence electrons. The average molecular weight is 1240 g/mol. The number of nitrogens with one attached hydrogen (secondary N) is 8. The Hall–Kier alpha value is -6.41. The van der Waals surface area contributed by atoms with Crippen molar-refractivity contribution in [3.63, 3.8) is 0 Å². The molecule has 0 radical (unpaired) electrons. The second-order valence-electron chi connectivity index (χ2n) is 22.4. The molecule has 6 aliphatic rings. The van der Waals surface area contributed by atoms with Crippen LogP contribution in [0.4, 0.5) is 22.7 Å². The average Bonchev–Trinajstić information content (AvgIpc) is 0.980. The van der Waals surface area contributed by atoms with E-state index in [0.717, 1.165) is 43.4 Å². The molecular formula is C62H84Cl2N8O14. The summed E-state index contributed by atoms with van der Waals surface area (Å²) in [6, 6.07) is 11.5. The van der Waals surface area contributed by atoms with Gasteiger partial charge in [-0.15, -0.1) is 24.8 Å². The first-order chi connectivity index (χ1) is 40.6. The van der Waals surface area contributed by atoms with Crippen LogP contribution >= 0.6 is 24.8 Å². The molecule has 0 aromatic heterocycles. The van der Waals surface area contributed by atoms with Crippen molar-refractivity contribution in [2.24, 2.45) is 29.1 Å². The van der Waals surface area contributed by atoms with E-state index in [1.54, 1.807) is 24.3 Å². The van der Waals surface area contributed by atoms with Crippen molar-refractivity contribution in [1.29, 1.82) is 0 Å². The van der Waals surface area contributed by atoms with Crippen molar-refractivity contribution in [2.75, 3.05) is 126 Å². The number of carbonyl (C=O) groups is 5. The van der Waals surface area contributed by atoms with Crippen LogP contribution in [0.2, 0.25) is 0 Å². The fourth-order valence-corrected chi connectivity index (χ4v) is 13.4. The summed E-state index contributed by atoms with van der Waals surface area (Å²) in [6.45, 7) is 7.95. The van der Waals surface area contributed by atoms with Crippen LogP contribution in [-0.2, 0) is 4.79 Å². The Kier molecular flexibility index (Phi) is 25.6. The highest BCUT2D eigenvalue weighted by Gasteiger charge is 2.56. The number of ketones is 5. The van der Waals surface area contributed by atoms with Crippen molar-refractivity contribution in [3.8, 4) is 23.0 Å². The lowest BCUT2D eigenvalue weighted by atomic mass is 9.52. The van der Waals surface area contributed by atoms with Gasteiger partial charge in [0.1, 0.15) is 23.0 Å². The van der Waals surface area contributed by atoms with Crippen molar-refractivity contribution >= 4 is 76.5 Å². The standard InChI is InChI=1S/2C22H28N4O6.C18H26O2.2ClH/c2*27-11-9-23-5-7-25-13-1-2-14(26-8-6-24-10-12-28)18-17(13)21(31)19-15(29)3-4-16(30)20(19)22(18)32;1-18-9-8-14-13-5-3-12(19)10-11(13)2-4-15(14)16(18)6-7-17(18)20;;/h2*1-4,23-30H,5-12H2;10,13-17,20H,2-9H2,1H3;2*1H/t;;13-,14+,15+,16-,17-,18-;;/m..0../s1. The second-order valence-corrected chi connectivity index (χ2v) is 22.4. The number of aliphatic hydroxyl groups is 5. The van der Waals surface area contributed by atoms with E-state index in [1.165, 1.54) is 55.5 Å². The maximum Gasteiger partial charge on any atom is 0.200 e. The van der Waals surface area contributed by atoms with Gasteiger partial charge >= 0.3 is 0 Å². The van der Waals surface area contributed by atoms with E-state index in [4.69, 9.17) is 20.4 Å². The lowest BCUT2D eigenvalue weighted by Crippen LogP contribution is -2.47. The molecule has 86 heavy (non-hydrogen) atoms. The van der Waals surface area contributed by atoms with Crippen molar-refractivity contribution < 1.29 is 69.9 Å². The van der Waals surface area contributed by atoms with Gasteiger partial charge in [0.05, 0.1) is 77.0 Å². The van der Waals surface area contributed by atoms with E-state index in [9.17, 15) is 49.5 Å². The zero-order valence-corrected chi connectivity index (χ0v) is 50.1. The number of aliphatic hydroxyl groups excluding tert-OH is 5. The highest BCUT2D eigenvalue weighted by atomic mass is 35.5. The summed E-state index contributed by atoms with van der Waals surface area (Å²) in [5.74, 6) is -0.345. The molecule has 0 spiro atoms. The molecule has 0 unspecified atom stereocenters. The molecule has 0 heterocycles. The van der Waals surface area contributed by atoms with E-state index in [2.05, 4.69) is 49.5 Å². The van der Waals surface area contributed by atoms with E-state index >= 15 is 0 Å². The monoisotopic (exact) mass is 1230 g/mol. The topological polar surface area (TPSA) is 364 Å². The highest BCUT2D eigenvalue weighted by molar-refractivity contribution is 6.34. The van der Waals surface area contributed by atoms with Gasteiger partial charge in [-0.05, 0) is 129 Å². The van der Waals surface area contributed by atoms with Gasteiger partial charge in [0.2, 0.25) is 23.1 Å². The van der Waals surface area contributed by atoms with Crippen LogP contribution in [0.15, 0.2) is 60.2 Å². The molecule has 0 saturated heterocycles. The summed E-state index contributed by atoms with van der Waals surface area (Å²) in [7, 11) is 0. The van der Waals surface area contributed by atoms with Gasteiger partial charge in [0.25, 0.3) is 0 Å². The van der Waals surface area contributed by atoms with Crippen LogP contribution in [0.5, 0.6) is 23.0 Å². The zero-order valence-electron chi connectivity index (χ0n) is 48.4. The quantitative estimate of drug-likeness (QED) is 0.0300. The minimum Gasteiger partial charge on any atom is -0.507 e. The van der Waals surface area contributed by atoms with E-state index in [0.29, 0.717) is 113 Å². The zero-order chi connectivity index (χ0) is 60.1. The van der Waals surface area contributed by atoms with Crippen molar-refractivity contribution in [2.45, 2.75) is 64.4 Å². The molecular weight excluding hydrogens is 1150 g/mol. The first-order valence-corrected chi connectivity index (χ1v) is 29.4. The third-order valence-corrected chi connectivity index (χ3v) is 17.4. The minimum atomic E-state index is -0.559. The number of hydrogen-bond donors (Lipinski definition) is 17. The second kappa shape index (κ2) is 32.0. The lowest BCUT2D eigenvalue weighted by molar-refractivity contribution is -0.116. The number of phenolic OH excluding ortho intramolecular Hbond substituents is 4. The van der Waals surface area contributed by atoms with E-state index < -0.39 is 23.1 Å². The first-order valence-electron chi connectivity index (χ1n) is 29.4. The van der Waals surface area contributed by atoms with Gasteiger partial charge in [0, 0.05) is 108 Å². The summed E-state index contributed by atoms with van der Waals surface area (Å²) in [4.78, 5) is 65.1. The number of rotatable bonds is 24. The molecule has 3 fully saturated rings. The molecule has 17 N–H and O–H groups in total. The Morgan fingerprint density at radius 3 is 1.10 bits per heavy atom. The third kappa shape index (κ3) is 14.9. The molecule has 22 nitrogen and oxygen atoms in total. The fourth-order valence-electron chi connectivity index (χ4n) is 13.4. The highest BCUT2D eigenvalue weighted by Crippen LogP contribution is 2.62.